The van der Waals surface area contributed by atoms with E-state index in [0.717, 1.165) is 11.3 Å². The third kappa shape index (κ3) is 3.86. The van der Waals surface area contributed by atoms with E-state index < -0.39 is 5.97 Å². The fourth-order valence-corrected chi connectivity index (χ4v) is 2.17. The van der Waals surface area contributed by atoms with Gasteiger partial charge in [-0.3, -0.25) is 0 Å². The number of carboxylic acids is 1. The molecule has 0 aliphatic rings. The van der Waals surface area contributed by atoms with Gasteiger partial charge >= 0.3 is 5.97 Å². The minimum atomic E-state index is -0.944. The number of aromatic nitrogens is 1. The average molecular weight is 289 g/mol. The van der Waals surface area contributed by atoms with E-state index in [4.69, 9.17) is 14.6 Å². The Hall–Kier alpha value is -2.27. The number of benzene rings is 1. The van der Waals surface area contributed by atoms with Crippen LogP contribution in [0.3, 0.4) is 0 Å². The molecule has 1 aromatic heterocycles. The van der Waals surface area contributed by atoms with E-state index in [2.05, 4.69) is 0 Å². The van der Waals surface area contributed by atoms with E-state index in [1.165, 1.54) is 0 Å². The first kappa shape index (κ1) is 15.1. The first-order valence-corrected chi connectivity index (χ1v) is 6.71. The van der Waals surface area contributed by atoms with Crippen LogP contribution in [0.25, 0.3) is 0 Å². The summed E-state index contributed by atoms with van der Waals surface area (Å²) in [5.74, 6) is -0.130. The molecule has 0 radical (unpaired) electrons. The monoisotopic (exact) mass is 289 g/mol. The molecule has 0 aliphatic heterocycles. The third-order valence-corrected chi connectivity index (χ3v) is 3.18. The molecule has 0 saturated carbocycles. The summed E-state index contributed by atoms with van der Waals surface area (Å²) in [5, 5.41) is 9.14. The molecule has 1 aromatic carbocycles. The number of rotatable bonds is 7. The smallest absolute Gasteiger partial charge is 0.337 e. The average Bonchev–Trinajstić information content (AvgIpc) is 2.83. The zero-order valence-electron chi connectivity index (χ0n) is 12.2. The number of aromatic carboxylic acids is 1. The first-order chi connectivity index (χ1) is 10.1. The number of hydrogen-bond acceptors (Lipinski definition) is 3. The van der Waals surface area contributed by atoms with Crippen LogP contribution in [0.15, 0.2) is 36.5 Å². The van der Waals surface area contributed by atoms with Crippen molar-refractivity contribution in [1.29, 1.82) is 0 Å². The normalized spacial score (nSPS) is 10.6. The van der Waals surface area contributed by atoms with Crippen LogP contribution in [0.1, 0.15) is 21.6 Å². The zero-order chi connectivity index (χ0) is 15.2. The summed E-state index contributed by atoms with van der Waals surface area (Å²) in [5.41, 5.74) is 2.06. The van der Waals surface area contributed by atoms with Crippen LogP contribution in [0.4, 0.5) is 0 Å². The number of aryl methyl sites for hydroxylation is 1. The number of ether oxygens (including phenoxy) is 2. The van der Waals surface area contributed by atoms with E-state index in [0.29, 0.717) is 18.8 Å². The highest BCUT2D eigenvalue weighted by molar-refractivity contribution is 5.89. The minimum absolute atomic E-state index is 0.263. The van der Waals surface area contributed by atoms with Crippen molar-refractivity contribution in [1.82, 2.24) is 4.57 Å². The van der Waals surface area contributed by atoms with Crippen LogP contribution in [0.5, 0.6) is 5.75 Å². The van der Waals surface area contributed by atoms with Crippen molar-refractivity contribution in [2.75, 3.05) is 13.7 Å². The van der Waals surface area contributed by atoms with Crippen LogP contribution in [0, 0.1) is 6.92 Å². The fraction of sp³-hybridized carbons (Fsp3) is 0.312. The van der Waals surface area contributed by atoms with Gasteiger partial charge in [0.15, 0.2) is 0 Å². The van der Waals surface area contributed by atoms with Gasteiger partial charge in [-0.05, 0) is 30.7 Å². The van der Waals surface area contributed by atoms with Crippen LogP contribution >= 0.6 is 0 Å². The largest absolute Gasteiger partial charge is 0.492 e. The summed E-state index contributed by atoms with van der Waals surface area (Å²) in [6, 6.07) is 9.41. The van der Waals surface area contributed by atoms with Crippen molar-refractivity contribution in [2.45, 2.75) is 20.1 Å². The molecule has 0 saturated heterocycles. The summed E-state index contributed by atoms with van der Waals surface area (Å²) in [6.45, 7) is 3.31. The number of nitrogens with zero attached hydrogens (tertiary/aromatic N) is 1. The predicted molar refractivity (Wildman–Crippen MR) is 78.8 cm³/mol. The Morgan fingerprint density at radius 2 is 2.14 bits per heavy atom. The molecular formula is C16H19NO4. The molecular weight excluding hydrogens is 270 g/mol. The van der Waals surface area contributed by atoms with Crippen LogP contribution in [0.2, 0.25) is 0 Å². The quantitative estimate of drug-likeness (QED) is 0.851. The van der Waals surface area contributed by atoms with Gasteiger partial charge in [-0.15, -0.1) is 0 Å². The Morgan fingerprint density at radius 3 is 2.81 bits per heavy atom. The van der Waals surface area contributed by atoms with Gasteiger partial charge in [0, 0.05) is 13.3 Å². The van der Waals surface area contributed by atoms with Gasteiger partial charge in [0.05, 0.1) is 24.4 Å². The molecule has 5 nitrogen and oxygen atoms in total. The molecule has 0 bridgehead atoms. The lowest BCUT2D eigenvalue weighted by atomic mass is 10.2. The molecule has 1 heterocycles. The lowest BCUT2D eigenvalue weighted by Gasteiger charge is -2.11. The van der Waals surface area contributed by atoms with Gasteiger partial charge in [0.25, 0.3) is 0 Å². The molecule has 1 N–H and O–H groups in total. The molecule has 0 spiro atoms. The zero-order valence-corrected chi connectivity index (χ0v) is 12.2. The highest BCUT2D eigenvalue weighted by atomic mass is 16.5. The lowest BCUT2D eigenvalue weighted by Crippen LogP contribution is -2.12. The molecule has 0 fully saturated rings. The first-order valence-electron chi connectivity index (χ1n) is 6.71. The van der Waals surface area contributed by atoms with Crippen LogP contribution in [-0.2, 0) is 17.9 Å². The molecule has 0 atom stereocenters. The maximum Gasteiger partial charge on any atom is 0.337 e. The van der Waals surface area contributed by atoms with Gasteiger partial charge in [-0.1, -0.05) is 12.1 Å². The maximum absolute atomic E-state index is 11.1. The third-order valence-electron chi connectivity index (χ3n) is 3.18. The summed E-state index contributed by atoms with van der Waals surface area (Å²) in [4.78, 5) is 11.1. The second kappa shape index (κ2) is 6.95. The Bertz CT molecular complexity index is 618. The van der Waals surface area contributed by atoms with Gasteiger partial charge in [0.1, 0.15) is 12.4 Å². The van der Waals surface area contributed by atoms with Crippen molar-refractivity contribution < 1.29 is 19.4 Å². The summed E-state index contributed by atoms with van der Waals surface area (Å²) in [6.07, 6.45) is 1.75. The summed E-state index contributed by atoms with van der Waals surface area (Å²) >= 11 is 0. The molecule has 0 unspecified atom stereocenters. The van der Waals surface area contributed by atoms with Crippen molar-refractivity contribution in [2.24, 2.45) is 0 Å². The highest BCUT2D eigenvalue weighted by Crippen LogP contribution is 2.15. The summed E-state index contributed by atoms with van der Waals surface area (Å²) < 4.78 is 12.6. The molecule has 2 aromatic rings. The van der Waals surface area contributed by atoms with E-state index >= 15 is 0 Å². The Kier molecular flexibility index (Phi) is 5.00. The Morgan fingerprint density at radius 1 is 1.33 bits per heavy atom. The second-order valence-corrected chi connectivity index (χ2v) is 4.77. The molecule has 0 aliphatic carbocycles. The SMILES string of the molecule is COCc1c(C(=O)O)ccn1CCOc1cccc(C)c1. The van der Waals surface area contributed by atoms with Crippen molar-refractivity contribution in [3.63, 3.8) is 0 Å². The molecule has 0 amide bonds. The highest BCUT2D eigenvalue weighted by Gasteiger charge is 2.14. The molecule has 5 heteroatoms. The van der Waals surface area contributed by atoms with Crippen LogP contribution < -0.4 is 4.74 Å². The van der Waals surface area contributed by atoms with Crippen LogP contribution in [-0.4, -0.2) is 29.4 Å². The van der Waals surface area contributed by atoms with Gasteiger partial charge in [-0.2, -0.15) is 0 Å². The number of methoxy groups -OCH3 is 1. The Labute approximate surface area is 123 Å². The number of hydrogen-bond donors (Lipinski definition) is 1. The van der Waals surface area contributed by atoms with Crippen molar-refractivity contribution >= 4 is 5.97 Å². The molecule has 2 rings (SSSR count). The lowest BCUT2D eigenvalue weighted by molar-refractivity contribution is 0.0691. The predicted octanol–water partition coefficient (Wildman–Crippen LogP) is 2.72. The topological polar surface area (TPSA) is 60.7 Å². The van der Waals surface area contributed by atoms with Crippen molar-refractivity contribution in [3.05, 3.63) is 53.3 Å². The van der Waals surface area contributed by atoms with E-state index in [-0.39, 0.29) is 12.2 Å². The minimum Gasteiger partial charge on any atom is -0.492 e. The standard InChI is InChI=1S/C16H19NO4/c1-12-4-3-5-13(10-12)21-9-8-17-7-6-14(16(18)19)15(17)11-20-2/h3-7,10H,8-9,11H2,1-2H3,(H,18,19). The number of carbonyl (C=O) groups is 1. The van der Waals surface area contributed by atoms with Gasteiger partial charge in [0.2, 0.25) is 0 Å². The summed E-state index contributed by atoms with van der Waals surface area (Å²) in [7, 11) is 1.55. The second-order valence-electron chi connectivity index (χ2n) is 4.77. The van der Waals surface area contributed by atoms with Gasteiger partial charge in [-0.25, -0.2) is 4.79 Å². The fourth-order valence-electron chi connectivity index (χ4n) is 2.17. The van der Waals surface area contributed by atoms with E-state index in [1.807, 2.05) is 35.8 Å². The molecule has 21 heavy (non-hydrogen) atoms. The number of carboxylic acid groups (broad SMARTS) is 1. The Balaban J connectivity index is 2.01. The van der Waals surface area contributed by atoms with Gasteiger partial charge < -0.3 is 19.1 Å². The van der Waals surface area contributed by atoms with Crippen molar-refractivity contribution in [3.8, 4) is 5.75 Å². The van der Waals surface area contributed by atoms with E-state index in [9.17, 15) is 4.79 Å². The maximum atomic E-state index is 11.1. The van der Waals surface area contributed by atoms with E-state index in [1.54, 1.807) is 19.4 Å². The molecule has 112 valence electrons.